The molecule has 0 radical (unpaired) electrons. The summed E-state index contributed by atoms with van der Waals surface area (Å²) in [7, 11) is 0. The van der Waals surface area contributed by atoms with Crippen LogP contribution in [0.4, 0.5) is 0 Å². The molecule has 0 fully saturated rings. The Morgan fingerprint density at radius 3 is 2.59 bits per heavy atom. The highest BCUT2D eigenvalue weighted by molar-refractivity contribution is 5.96. The largest absolute Gasteiger partial charge is 0.490 e. The summed E-state index contributed by atoms with van der Waals surface area (Å²) >= 11 is 0. The molecule has 4 aromatic heterocycles. The molecule has 0 bridgehead atoms. The summed E-state index contributed by atoms with van der Waals surface area (Å²) < 4.78 is 22.8. The molecule has 1 atom stereocenters. The highest BCUT2D eigenvalue weighted by atomic mass is 16.6. The third kappa shape index (κ3) is 6.90. The second kappa shape index (κ2) is 12.6. The summed E-state index contributed by atoms with van der Waals surface area (Å²) in [6, 6.07) is 23.6. The van der Waals surface area contributed by atoms with Gasteiger partial charge in [-0.2, -0.15) is 5.10 Å². The quantitative estimate of drug-likeness (QED) is 0.154. The van der Waals surface area contributed by atoms with Crippen molar-refractivity contribution in [2.24, 2.45) is 0 Å². The van der Waals surface area contributed by atoms with Gasteiger partial charge in [-0.1, -0.05) is 36.4 Å². The molecular weight excluding hydrogens is 556 g/mol. The first-order valence-electron chi connectivity index (χ1n) is 14.5. The summed E-state index contributed by atoms with van der Waals surface area (Å²) in [6.45, 7) is 5.96. The molecule has 0 saturated carbocycles. The van der Waals surface area contributed by atoms with E-state index in [1.165, 1.54) is 0 Å². The minimum atomic E-state index is -0.554. The number of benzene rings is 2. The van der Waals surface area contributed by atoms with Crippen molar-refractivity contribution in [3.05, 3.63) is 103 Å². The first-order chi connectivity index (χ1) is 21.3. The lowest BCUT2D eigenvalue weighted by Crippen LogP contribution is -2.41. The molecule has 44 heavy (non-hydrogen) atoms. The monoisotopic (exact) mass is 590 g/mol. The Labute approximate surface area is 255 Å². The van der Waals surface area contributed by atoms with E-state index in [2.05, 4.69) is 33.7 Å². The van der Waals surface area contributed by atoms with Crippen molar-refractivity contribution < 1.29 is 23.1 Å². The number of hydrogen-bond donors (Lipinski definition) is 2. The zero-order valence-corrected chi connectivity index (χ0v) is 24.9. The van der Waals surface area contributed by atoms with Gasteiger partial charge < -0.3 is 23.6 Å². The van der Waals surface area contributed by atoms with Crippen LogP contribution in [0.25, 0.3) is 44.7 Å². The number of ether oxygens (including phenoxy) is 2. The van der Waals surface area contributed by atoms with Gasteiger partial charge in [-0.15, -0.1) is 0 Å². The van der Waals surface area contributed by atoms with E-state index in [4.69, 9.17) is 23.3 Å². The zero-order valence-electron chi connectivity index (χ0n) is 24.9. The Bertz CT molecular complexity index is 1820. The average molecular weight is 591 g/mol. The lowest BCUT2D eigenvalue weighted by molar-refractivity contribution is -0.153. The summed E-state index contributed by atoms with van der Waals surface area (Å²) in [5.41, 5.74) is 5.63. The minimum Gasteiger partial charge on any atom is -0.490 e. The van der Waals surface area contributed by atoms with Crippen LogP contribution in [0, 0.1) is 0 Å². The number of hydrogen-bond acceptors (Lipinski definition) is 8. The number of furan rings is 2. The Morgan fingerprint density at radius 2 is 1.84 bits per heavy atom. The summed E-state index contributed by atoms with van der Waals surface area (Å²) in [5.74, 6) is 0.970. The fraction of sp³-hybridized carbons (Fsp3) is 0.229. The standard InChI is InChI=1S/C35H34N4O5/c1-35(2,3)44-32(40)20-36-26(16-23-8-5-4-6-9-23)22-43-27-18-28(33(37-19-27)25-13-15-41-21-25)24-11-12-30-29(17-24)34(39-38-30)31-10-7-14-42-31/h4-15,17-19,21,26,36H,16,20,22H2,1-3H3,(H,38,39)/t26-/m1/s1. The van der Waals surface area contributed by atoms with Gasteiger partial charge in [0.2, 0.25) is 0 Å². The van der Waals surface area contributed by atoms with E-state index in [0.29, 0.717) is 24.5 Å². The molecule has 224 valence electrons. The van der Waals surface area contributed by atoms with E-state index in [1.807, 2.05) is 75.4 Å². The second-order valence-electron chi connectivity index (χ2n) is 11.6. The first kappa shape index (κ1) is 28.9. The van der Waals surface area contributed by atoms with Crippen LogP contribution in [0.3, 0.4) is 0 Å². The fourth-order valence-electron chi connectivity index (χ4n) is 5.05. The number of pyridine rings is 1. The number of nitrogens with zero attached hydrogens (tertiary/aromatic N) is 2. The zero-order chi connectivity index (χ0) is 30.5. The predicted molar refractivity (Wildman–Crippen MR) is 168 cm³/mol. The number of esters is 1. The molecule has 2 aromatic carbocycles. The van der Waals surface area contributed by atoms with Crippen LogP contribution in [0.1, 0.15) is 26.3 Å². The molecule has 0 saturated heterocycles. The van der Waals surface area contributed by atoms with E-state index >= 15 is 0 Å². The van der Waals surface area contributed by atoms with Crippen molar-refractivity contribution in [1.82, 2.24) is 20.5 Å². The molecule has 0 aliphatic heterocycles. The number of carbonyl (C=O) groups excluding carboxylic acids is 1. The van der Waals surface area contributed by atoms with Crippen LogP contribution in [0.15, 0.2) is 107 Å². The number of aromatic nitrogens is 3. The maximum Gasteiger partial charge on any atom is 0.320 e. The molecular formula is C35H34N4O5. The van der Waals surface area contributed by atoms with Crippen molar-refractivity contribution in [1.29, 1.82) is 0 Å². The summed E-state index contributed by atoms with van der Waals surface area (Å²) in [5, 5.41) is 11.8. The maximum atomic E-state index is 12.5. The maximum absolute atomic E-state index is 12.5. The van der Waals surface area contributed by atoms with E-state index in [1.54, 1.807) is 25.0 Å². The Balaban J connectivity index is 1.28. The van der Waals surface area contributed by atoms with E-state index < -0.39 is 5.60 Å². The molecule has 4 heterocycles. The molecule has 0 amide bonds. The van der Waals surface area contributed by atoms with Crippen LogP contribution in [0.5, 0.6) is 5.75 Å². The second-order valence-corrected chi connectivity index (χ2v) is 11.6. The Hall–Kier alpha value is -5.15. The summed E-state index contributed by atoms with van der Waals surface area (Å²) in [4.78, 5) is 17.3. The van der Waals surface area contributed by atoms with Crippen LogP contribution < -0.4 is 10.1 Å². The lowest BCUT2D eigenvalue weighted by Gasteiger charge is -2.22. The Morgan fingerprint density at radius 1 is 0.977 bits per heavy atom. The van der Waals surface area contributed by atoms with E-state index in [9.17, 15) is 4.79 Å². The third-order valence-electron chi connectivity index (χ3n) is 7.02. The van der Waals surface area contributed by atoms with Crippen molar-refractivity contribution in [2.45, 2.75) is 38.8 Å². The average Bonchev–Trinajstić information content (AvgIpc) is 3.80. The molecule has 0 unspecified atom stereocenters. The fourth-order valence-corrected chi connectivity index (χ4v) is 5.05. The van der Waals surface area contributed by atoms with Crippen LogP contribution >= 0.6 is 0 Å². The van der Waals surface area contributed by atoms with E-state index in [0.717, 1.165) is 44.5 Å². The highest BCUT2D eigenvalue weighted by Crippen LogP contribution is 2.36. The molecule has 9 nitrogen and oxygen atoms in total. The van der Waals surface area contributed by atoms with Crippen molar-refractivity contribution in [2.75, 3.05) is 13.2 Å². The molecule has 6 rings (SSSR count). The van der Waals surface area contributed by atoms with Crippen LogP contribution in [-0.4, -0.2) is 45.9 Å². The van der Waals surface area contributed by atoms with Crippen molar-refractivity contribution in [3.8, 4) is 39.6 Å². The van der Waals surface area contributed by atoms with Gasteiger partial charge in [-0.05, 0) is 74.7 Å². The summed E-state index contributed by atoms with van der Waals surface area (Å²) in [6.07, 6.45) is 7.32. The number of aromatic amines is 1. The van der Waals surface area contributed by atoms with Gasteiger partial charge in [0, 0.05) is 22.6 Å². The SMILES string of the molecule is CC(C)(C)OC(=O)CN[C@@H](COc1cnc(-c2ccoc2)c(-c2ccc3[nH]nc(-c4ccco4)c3c2)c1)Cc1ccccc1. The van der Waals surface area contributed by atoms with Crippen molar-refractivity contribution >= 4 is 16.9 Å². The number of carbonyl (C=O) groups is 1. The van der Waals surface area contributed by atoms with Gasteiger partial charge in [-0.3, -0.25) is 14.9 Å². The van der Waals surface area contributed by atoms with Crippen LogP contribution in [0.2, 0.25) is 0 Å². The molecule has 0 aliphatic carbocycles. The minimum absolute atomic E-state index is 0.0732. The van der Waals surface area contributed by atoms with E-state index in [-0.39, 0.29) is 18.6 Å². The van der Waals surface area contributed by atoms with Gasteiger partial charge in [0.25, 0.3) is 0 Å². The normalized spacial score (nSPS) is 12.3. The molecule has 2 N–H and O–H groups in total. The highest BCUT2D eigenvalue weighted by Gasteiger charge is 2.20. The predicted octanol–water partition coefficient (Wildman–Crippen LogP) is 7.07. The van der Waals surface area contributed by atoms with Gasteiger partial charge in [0.05, 0.1) is 42.7 Å². The molecule has 9 heteroatoms. The third-order valence-corrected chi connectivity index (χ3v) is 7.02. The van der Waals surface area contributed by atoms with Crippen molar-refractivity contribution in [3.63, 3.8) is 0 Å². The topological polar surface area (TPSA) is 115 Å². The molecule has 0 spiro atoms. The van der Waals surface area contributed by atoms with Gasteiger partial charge in [-0.25, -0.2) is 0 Å². The number of rotatable bonds is 11. The number of nitrogens with one attached hydrogen (secondary N) is 2. The number of H-pyrrole nitrogens is 1. The van der Waals surface area contributed by atoms with Crippen LogP contribution in [-0.2, 0) is 16.0 Å². The number of fused-ring (bicyclic) bond motifs is 1. The van der Waals surface area contributed by atoms with Gasteiger partial charge >= 0.3 is 5.97 Å². The smallest absolute Gasteiger partial charge is 0.320 e. The molecule has 0 aliphatic rings. The first-order valence-corrected chi connectivity index (χ1v) is 14.5. The van der Waals surface area contributed by atoms with Gasteiger partial charge in [0.15, 0.2) is 5.76 Å². The molecule has 6 aromatic rings. The Kier molecular flexibility index (Phi) is 8.29. The lowest BCUT2D eigenvalue weighted by atomic mass is 9.98. The van der Waals surface area contributed by atoms with Gasteiger partial charge in [0.1, 0.15) is 23.7 Å².